The summed E-state index contributed by atoms with van der Waals surface area (Å²) in [6.07, 6.45) is 0.531. The van der Waals surface area contributed by atoms with E-state index in [2.05, 4.69) is 0 Å². The minimum atomic E-state index is -3.86. The Labute approximate surface area is 125 Å². The Balaban J connectivity index is 2.81. The highest BCUT2D eigenvalue weighted by molar-refractivity contribution is 7.89. The highest BCUT2D eigenvalue weighted by atomic mass is 32.2. The fourth-order valence-corrected chi connectivity index (χ4v) is 2.42. The summed E-state index contributed by atoms with van der Waals surface area (Å²) in [7, 11) is -2.28. The van der Waals surface area contributed by atoms with Crippen molar-refractivity contribution in [2.75, 3.05) is 13.7 Å². The number of hydrogen-bond donors (Lipinski definition) is 1. The molecule has 0 fully saturated rings. The average Bonchev–Trinajstić information content (AvgIpc) is 2.37. The van der Waals surface area contributed by atoms with Gasteiger partial charge in [-0.1, -0.05) is 6.07 Å². The van der Waals surface area contributed by atoms with Crippen LogP contribution in [0.2, 0.25) is 0 Å². The first-order valence-electron chi connectivity index (χ1n) is 6.42. The molecule has 0 spiro atoms. The molecule has 6 nitrogen and oxygen atoms in total. The Bertz CT molecular complexity index is 622. The lowest BCUT2D eigenvalue weighted by molar-refractivity contribution is -0.00564. The van der Waals surface area contributed by atoms with Crippen LogP contribution in [-0.4, -0.2) is 33.7 Å². The molecule has 0 unspecified atom stereocenters. The van der Waals surface area contributed by atoms with E-state index in [4.69, 9.17) is 14.6 Å². The normalized spacial score (nSPS) is 12.2. The van der Waals surface area contributed by atoms with Crippen LogP contribution < -0.4 is 5.14 Å². The molecule has 1 aromatic rings. The largest absolute Gasteiger partial charge is 0.462 e. The SMILES string of the molecule is COC(C)(C)CCOC(=O)c1ccc(C)c(S(N)(=O)=O)c1. The number of ether oxygens (including phenoxy) is 2. The second-order valence-corrected chi connectivity index (χ2v) is 6.90. The molecule has 0 aliphatic heterocycles. The molecule has 0 saturated heterocycles. The molecule has 1 rings (SSSR count). The summed E-state index contributed by atoms with van der Waals surface area (Å²) in [6.45, 7) is 5.55. The number of carbonyl (C=O) groups is 1. The first-order chi connectivity index (χ1) is 9.57. The van der Waals surface area contributed by atoms with Crippen molar-refractivity contribution in [3.8, 4) is 0 Å². The van der Waals surface area contributed by atoms with E-state index < -0.39 is 16.0 Å². The van der Waals surface area contributed by atoms with E-state index in [-0.39, 0.29) is 22.7 Å². The Morgan fingerprint density at radius 1 is 1.33 bits per heavy atom. The lowest BCUT2D eigenvalue weighted by Gasteiger charge is -2.22. The third-order valence-electron chi connectivity index (χ3n) is 3.22. The minimum absolute atomic E-state index is 0.0748. The molecular formula is C14H21NO5S. The number of rotatable bonds is 6. The van der Waals surface area contributed by atoms with Crippen molar-refractivity contribution in [1.29, 1.82) is 0 Å². The average molecular weight is 315 g/mol. The van der Waals surface area contributed by atoms with E-state index in [1.165, 1.54) is 18.2 Å². The van der Waals surface area contributed by atoms with E-state index in [0.29, 0.717) is 12.0 Å². The highest BCUT2D eigenvalue weighted by Crippen LogP contribution is 2.17. The summed E-state index contributed by atoms with van der Waals surface area (Å²) in [5, 5.41) is 5.11. The number of methoxy groups -OCH3 is 1. The second kappa shape index (κ2) is 6.55. The Morgan fingerprint density at radius 3 is 2.48 bits per heavy atom. The summed E-state index contributed by atoms with van der Waals surface area (Å²) in [5.41, 5.74) is 0.244. The third kappa shape index (κ3) is 5.11. The maximum atomic E-state index is 11.9. The standard InChI is InChI=1S/C14H21NO5S/c1-10-5-6-11(9-12(10)21(15,17)18)13(16)20-8-7-14(2,3)19-4/h5-6,9H,7-8H2,1-4H3,(H2,15,17,18). The van der Waals surface area contributed by atoms with Crippen LogP contribution in [0.1, 0.15) is 36.2 Å². The fourth-order valence-electron chi connectivity index (χ4n) is 1.61. The number of aryl methyl sites for hydroxylation is 1. The van der Waals surface area contributed by atoms with Gasteiger partial charge in [-0.05, 0) is 38.5 Å². The number of benzene rings is 1. The smallest absolute Gasteiger partial charge is 0.338 e. The number of esters is 1. The predicted molar refractivity (Wildman–Crippen MR) is 78.5 cm³/mol. The topological polar surface area (TPSA) is 95.7 Å². The number of sulfonamides is 1. The van der Waals surface area contributed by atoms with E-state index in [0.717, 1.165) is 0 Å². The maximum Gasteiger partial charge on any atom is 0.338 e. The molecule has 0 heterocycles. The number of nitrogens with two attached hydrogens (primary N) is 1. The molecule has 0 atom stereocenters. The van der Waals surface area contributed by atoms with Gasteiger partial charge in [-0.2, -0.15) is 0 Å². The monoisotopic (exact) mass is 315 g/mol. The zero-order valence-corrected chi connectivity index (χ0v) is 13.5. The van der Waals surface area contributed by atoms with Gasteiger partial charge in [0, 0.05) is 13.5 Å². The first-order valence-corrected chi connectivity index (χ1v) is 7.97. The summed E-state index contributed by atoms with van der Waals surface area (Å²) < 4.78 is 33.2. The van der Waals surface area contributed by atoms with E-state index in [1.54, 1.807) is 14.0 Å². The van der Waals surface area contributed by atoms with Crippen LogP contribution in [0.5, 0.6) is 0 Å². The molecule has 0 aliphatic rings. The van der Waals surface area contributed by atoms with Crippen molar-refractivity contribution < 1.29 is 22.7 Å². The zero-order chi connectivity index (χ0) is 16.3. The van der Waals surface area contributed by atoms with Crippen molar-refractivity contribution in [2.45, 2.75) is 37.7 Å². The van der Waals surface area contributed by atoms with E-state index in [9.17, 15) is 13.2 Å². The molecule has 0 saturated carbocycles. The molecule has 0 amide bonds. The Kier molecular flexibility index (Phi) is 5.49. The van der Waals surface area contributed by atoms with Crippen LogP contribution in [0.3, 0.4) is 0 Å². The van der Waals surface area contributed by atoms with Crippen molar-refractivity contribution in [2.24, 2.45) is 5.14 Å². The lowest BCUT2D eigenvalue weighted by Crippen LogP contribution is -2.25. The van der Waals surface area contributed by atoms with Gasteiger partial charge in [-0.25, -0.2) is 18.4 Å². The van der Waals surface area contributed by atoms with Gasteiger partial charge in [0.15, 0.2) is 0 Å². The fraction of sp³-hybridized carbons (Fsp3) is 0.500. The van der Waals surface area contributed by atoms with Gasteiger partial charge in [-0.3, -0.25) is 0 Å². The quantitative estimate of drug-likeness (QED) is 0.805. The number of primary sulfonamides is 1. The first kappa shape index (κ1) is 17.6. The van der Waals surface area contributed by atoms with Crippen LogP contribution in [-0.2, 0) is 19.5 Å². The van der Waals surface area contributed by atoms with Gasteiger partial charge in [-0.15, -0.1) is 0 Å². The zero-order valence-electron chi connectivity index (χ0n) is 12.7. The number of carbonyl (C=O) groups excluding carboxylic acids is 1. The van der Waals surface area contributed by atoms with Crippen molar-refractivity contribution in [3.63, 3.8) is 0 Å². The molecule has 2 N–H and O–H groups in total. The lowest BCUT2D eigenvalue weighted by atomic mass is 10.1. The maximum absolute atomic E-state index is 11.9. The van der Waals surface area contributed by atoms with Crippen LogP contribution >= 0.6 is 0 Å². The van der Waals surface area contributed by atoms with Gasteiger partial charge in [0.05, 0.1) is 22.7 Å². The highest BCUT2D eigenvalue weighted by Gasteiger charge is 2.19. The molecule has 0 radical (unpaired) electrons. The molecule has 0 bridgehead atoms. The summed E-state index contributed by atoms with van der Waals surface area (Å²) in [4.78, 5) is 11.8. The van der Waals surface area contributed by atoms with Crippen LogP contribution in [0.15, 0.2) is 23.1 Å². The van der Waals surface area contributed by atoms with E-state index >= 15 is 0 Å². The predicted octanol–water partition coefficient (Wildman–Crippen LogP) is 1.61. The molecule has 1 aromatic carbocycles. The van der Waals surface area contributed by atoms with Gasteiger partial charge in [0.2, 0.25) is 10.0 Å². The molecule has 0 aliphatic carbocycles. The number of hydrogen-bond acceptors (Lipinski definition) is 5. The molecular weight excluding hydrogens is 294 g/mol. The van der Waals surface area contributed by atoms with Gasteiger partial charge >= 0.3 is 5.97 Å². The van der Waals surface area contributed by atoms with Crippen molar-refractivity contribution in [1.82, 2.24) is 0 Å². The summed E-state index contributed by atoms with van der Waals surface area (Å²) in [5.74, 6) is -0.591. The Hall–Kier alpha value is -1.44. The molecule has 118 valence electrons. The molecule has 21 heavy (non-hydrogen) atoms. The molecule has 0 aromatic heterocycles. The van der Waals surface area contributed by atoms with Crippen LogP contribution in [0, 0.1) is 6.92 Å². The van der Waals surface area contributed by atoms with E-state index in [1.807, 2.05) is 13.8 Å². The van der Waals surface area contributed by atoms with Gasteiger partial charge in [0.1, 0.15) is 0 Å². The van der Waals surface area contributed by atoms with Gasteiger partial charge in [0.25, 0.3) is 0 Å². The summed E-state index contributed by atoms with van der Waals surface area (Å²) in [6, 6.07) is 4.26. The van der Waals surface area contributed by atoms with Crippen LogP contribution in [0.25, 0.3) is 0 Å². The van der Waals surface area contributed by atoms with Gasteiger partial charge < -0.3 is 9.47 Å². The van der Waals surface area contributed by atoms with Crippen molar-refractivity contribution in [3.05, 3.63) is 29.3 Å². The van der Waals surface area contributed by atoms with Crippen molar-refractivity contribution >= 4 is 16.0 Å². The molecule has 7 heteroatoms. The van der Waals surface area contributed by atoms with Crippen LogP contribution in [0.4, 0.5) is 0 Å². The second-order valence-electron chi connectivity index (χ2n) is 5.38. The third-order valence-corrected chi connectivity index (χ3v) is 4.27. The minimum Gasteiger partial charge on any atom is -0.462 e. The summed E-state index contributed by atoms with van der Waals surface area (Å²) >= 11 is 0. The Morgan fingerprint density at radius 2 is 1.95 bits per heavy atom.